The molecule has 1 atom stereocenters. The van der Waals surface area contributed by atoms with Crippen LogP contribution in [-0.4, -0.2) is 19.1 Å². The first-order chi connectivity index (χ1) is 6.17. The molecule has 2 N–H and O–H groups in total. The standard InChI is InChI=1S/C10H15NO2/c1-4-6-7-8(5-2)9(11)10(12)13-3/h4-7,9H,1,11H2,2-3H3/b7-6-,8-5+/t9-/m0/s1. The molecule has 0 unspecified atom stereocenters. The molecule has 0 radical (unpaired) electrons. The molecule has 0 rings (SSSR count). The lowest BCUT2D eigenvalue weighted by Gasteiger charge is -2.09. The van der Waals surface area contributed by atoms with Crippen LogP contribution in [0.4, 0.5) is 0 Å². The largest absolute Gasteiger partial charge is 0.468 e. The maximum atomic E-state index is 11.0. The van der Waals surface area contributed by atoms with Crippen molar-refractivity contribution in [2.24, 2.45) is 5.73 Å². The quantitative estimate of drug-likeness (QED) is 0.523. The Labute approximate surface area is 78.6 Å². The van der Waals surface area contributed by atoms with Crippen LogP contribution in [0.2, 0.25) is 0 Å². The molecule has 0 amide bonds. The second-order valence-corrected chi connectivity index (χ2v) is 2.38. The molecule has 0 aliphatic rings. The molecule has 3 nitrogen and oxygen atoms in total. The third-order valence-electron chi connectivity index (χ3n) is 1.57. The van der Waals surface area contributed by atoms with E-state index < -0.39 is 12.0 Å². The molecule has 0 heterocycles. The fourth-order valence-electron chi connectivity index (χ4n) is 0.822. The maximum absolute atomic E-state index is 11.0. The SMILES string of the molecule is C=C/C=C\C(=C/C)[C@H](N)C(=O)OC. The monoisotopic (exact) mass is 181 g/mol. The third-order valence-corrected chi connectivity index (χ3v) is 1.57. The summed E-state index contributed by atoms with van der Waals surface area (Å²) >= 11 is 0. The molecule has 13 heavy (non-hydrogen) atoms. The number of methoxy groups -OCH3 is 1. The Morgan fingerprint density at radius 3 is 2.62 bits per heavy atom. The minimum absolute atomic E-state index is 0.443. The number of ether oxygens (including phenoxy) is 1. The van der Waals surface area contributed by atoms with Crippen LogP contribution in [-0.2, 0) is 9.53 Å². The summed E-state index contributed by atoms with van der Waals surface area (Å²) in [6.07, 6.45) is 6.84. The van der Waals surface area contributed by atoms with Crippen molar-refractivity contribution >= 4 is 5.97 Å². The molecule has 0 bridgehead atoms. The van der Waals surface area contributed by atoms with Crippen molar-refractivity contribution in [3.63, 3.8) is 0 Å². The van der Waals surface area contributed by atoms with Crippen LogP contribution in [0.25, 0.3) is 0 Å². The molecule has 0 aromatic carbocycles. The topological polar surface area (TPSA) is 52.3 Å². The first kappa shape index (κ1) is 11.6. The second-order valence-electron chi connectivity index (χ2n) is 2.38. The molecular formula is C10H15NO2. The van der Waals surface area contributed by atoms with E-state index in [1.54, 1.807) is 24.3 Å². The van der Waals surface area contributed by atoms with Gasteiger partial charge in [0, 0.05) is 0 Å². The van der Waals surface area contributed by atoms with E-state index in [1.165, 1.54) is 7.11 Å². The normalized spacial score (nSPS) is 14.2. The average molecular weight is 181 g/mol. The summed E-state index contributed by atoms with van der Waals surface area (Å²) in [7, 11) is 1.31. The van der Waals surface area contributed by atoms with Crippen molar-refractivity contribution < 1.29 is 9.53 Å². The smallest absolute Gasteiger partial charge is 0.327 e. The molecule has 3 heteroatoms. The number of nitrogens with two attached hydrogens (primary N) is 1. The minimum atomic E-state index is -0.716. The number of carbonyl (C=O) groups excluding carboxylic acids is 1. The maximum Gasteiger partial charge on any atom is 0.327 e. The number of carbonyl (C=O) groups is 1. The zero-order valence-corrected chi connectivity index (χ0v) is 7.99. The lowest BCUT2D eigenvalue weighted by molar-refractivity contribution is -0.141. The van der Waals surface area contributed by atoms with Gasteiger partial charge in [0.25, 0.3) is 0 Å². The van der Waals surface area contributed by atoms with Crippen LogP contribution in [0.15, 0.2) is 36.5 Å². The van der Waals surface area contributed by atoms with E-state index in [0.717, 1.165) is 0 Å². The van der Waals surface area contributed by atoms with E-state index in [2.05, 4.69) is 11.3 Å². The predicted molar refractivity (Wildman–Crippen MR) is 53.1 cm³/mol. The molecule has 0 saturated carbocycles. The third kappa shape index (κ3) is 3.71. The highest BCUT2D eigenvalue weighted by atomic mass is 16.5. The summed E-state index contributed by atoms with van der Waals surface area (Å²) in [6.45, 7) is 5.33. The summed E-state index contributed by atoms with van der Waals surface area (Å²) in [6, 6.07) is -0.716. The number of rotatable bonds is 4. The second kappa shape index (κ2) is 6.20. The Kier molecular flexibility index (Phi) is 5.55. The van der Waals surface area contributed by atoms with Gasteiger partial charge in [-0.15, -0.1) is 0 Å². The van der Waals surface area contributed by atoms with E-state index in [-0.39, 0.29) is 0 Å². The highest BCUT2D eigenvalue weighted by Gasteiger charge is 2.15. The van der Waals surface area contributed by atoms with Gasteiger partial charge >= 0.3 is 5.97 Å². The lowest BCUT2D eigenvalue weighted by atomic mass is 10.1. The van der Waals surface area contributed by atoms with Crippen LogP contribution >= 0.6 is 0 Å². The highest BCUT2D eigenvalue weighted by Crippen LogP contribution is 2.03. The van der Waals surface area contributed by atoms with Crippen molar-refractivity contribution in [2.45, 2.75) is 13.0 Å². The van der Waals surface area contributed by atoms with E-state index in [9.17, 15) is 4.79 Å². The molecule has 0 aromatic rings. The first-order valence-electron chi connectivity index (χ1n) is 3.96. The van der Waals surface area contributed by atoms with E-state index in [4.69, 9.17) is 5.73 Å². The molecule has 0 aromatic heterocycles. The van der Waals surface area contributed by atoms with Gasteiger partial charge in [-0.3, -0.25) is 4.79 Å². The van der Waals surface area contributed by atoms with Crippen LogP contribution < -0.4 is 5.73 Å². The van der Waals surface area contributed by atoms with Gasteiger partial charge in [-0.25, -0.2) is 0 Å². The number of allylic oxidation sites excluding steroid dienone is 3. The Balaban J connectivity index is 4.50. The molecular weight excluding hydrogens is 166 g/mol. The van der Waals surface area contributed by atoms with Gasteiger partial charge in [-0.1, -0.05) is 30.9 Å². The van der Waals surface area contributed by atoms with E-state index >= 15 is 0 Å². The first-order valence-corrected chi connectivity index (χ1v) is 3.96. The Bertz CT molecular complexity index is 241. The Morgan fingerprint density at radius 1 is 1.62 bits per heavy atom. The minimum Gasteiger partial charge on any atom is -0.468 e. The zero-order chi connectivity index (χ0) is 10.3. The number of hydrogen-bond acceptors (Lipinski definition) is 3. The summed E-state index contributed by atoms with van der Waals surface area (Å²) < 4.78 is 4.51. The Hall–Kier alpha value is -1.35. The van der Waals surface area contributed by atoms with Crippen LogP contribution in [0.5, 0.6) is 0 Å². The number of esters is 1. The Morgan fingerprint density at radius 2 is 2.23 bits per heavy atom. The molecule has 0 aliphatic carbocycles. The molecule has 0 aliphatic heterocycles. The summed E-state index contributed by atoms with van der Waals surface area (Å²) in [4.78, 5) is 11.0. The highest BCUT2D eigenvalue weighted by molar-refractivity contribution is 5.80. The number of hydrogen-bond donors (Lipinski definition) is 1. The van der Waals surface area contributed by atoms with Crippen molar-refractivity contribution in [3.05, 3.63) is 36.5 Å². The van der Waals surface area contributed by atoms with E-state index in [0.29, 0.717) is 5.57 Å². The molecule has 0 spiro atoms. The van der Waals surface area contributed by atoms with Crippen molar-refractivity contribution in [1.82, 2.24) is 0 Å². The van der Waals surface area contributed by atoms with Gasteiger partial charge in [-0.05, 0) is 12.5 Å². The van der Waals surface area contributed by atoms with Gasteiger partial charge in [0.15, 0.2) is 0 Å². The van der Waals surface area contributed by atoms with Gasteiger partial charge in [0.05, 0.1) is 7.11 Å². The molecule has 0 saturated heterocycles. The average Bonchev–Trinajstić information content (AvgIpc) is 2.17. The summed E-state index contributed by atoms with van der Waals surface area (Å²) in [5, 5.41) is 0. The fraction of sp³-hybridized carbons (Fsp3) is 0.300. The predicted octanol–water partition coefficient (Wildman–Crippen LogP) is 1.18. The van der Waals surface area contributed by atoms with Crippen LogP contribution in [0.1, 0.15) is 6.92 Å². The van der Waals surface area contributed by atoms with Crippen molar-refractivity contribution in [1.29, 1.82) is 0 Å². The van der Waals surface area contributed by atoms with Gasteiger partial charge in [0.2, 0.25) is 0 Å². The van der Waals surface area contributed by atoms with Gasteiger partial charge in [0.1, 0.15) is 6.04 Å². The van der Waals surface area contributed by atoms with Gasteiger partial charge in [-0.2, -0.15) is 0 Å². The van der Waals surface area contributed by atoms with Gasteiger partial charge < -0.3 is 10.5 Å². The molecule has 72 valence electrons. The van der Waals surface area contributed by atoms with E-state index in [1.807, 2.05) is 6.92 Å². The van der Waals surface area contributed by atoms with Crippen LogP contribution in [0.3, 0.4) is 0 Å². The lowest BCUT2D eigenvalue weighted by Crippen LogP contribution is -2.32. The fourth-order valence-corrected chi connectivity index (χ4v) is 0.822. The zero-order valence-electron chi connectivity index (χ0n) is 7.99. The molecule has 0 fully saturated rings. The van der Waals surface area contributed by atoms with Crippen molar-refractivity contribution in [2.75, 3.05) is 7.11 Å². The summed E-state index contributed by atoms with van der Waals surface area (Å²) in [5.74, 6) is -0.443. The van der Waals surface area contributed by atoms with Crippen LogP contribution in [0, 0.1) is 0 Å². The van der Waals surface area contributed by atoms with Crippen molar-refractivity contribution in [3.8, 4) is 0 Å². The summed E-state index contributed by atoms with van der Waals surface area (Å²) in [5.41, 5.74) is 6.31.